The first kappa shape index (κ1) is 15.8. The van der Waals surface area contributed by atoms with Crippen LogP contribution in [0.3, 0.4) is 0 Å². The number of carbonyl (C=O) groups excluding carboxylic acids is 1. The Balaban J connectivity index is 2.62. The minimum atomic E-state index is -0.979. The summed E-state index contributed by atoms with van der Waals surface area (Å²) in [7, 11) is 0. The summed E-state index contributed by atoms with van der Waals surface area (Å²) >= 11 is 0. The smallest absolute Gasteiger partial charge is 0.326 e. The lowest BCUT2D eigenvalue weighted by Gasteiger charge is -2.42. The van der Waals surface area contributed by atoms with Gasteiger partial charge in [-0.3, -0.25) is 0 Å². The van der Waals surface area contributed by atoms with E-state index in [9.17, 15) is 9.59 Å². The van der Waals surface area contributed by atoms with Gasteiger partial charge in [0.25, 0.3) is 0 Å². The summed E-state index contributed by atoms with van der Waals surface area (Å²) in [5, 5.41) is 11.7. The second kappa shape index (κ2) is 6.75. The van der Waals surface area contributed by atoms with Crippen molar-refractivity contribution in [3.63, 3.8) is 0 Å². The van der Waals surface area contributed by atoms with Gasteiger partial charge in [-0.05, 0) is 20.3 Å². The number of rotatable bonds is 5. The number of unbranched alkanes of at least 4 members (excludes halogenated alkanes) is 1. The van der Waals surface area contributed by atoms with Crippen molar-refractivity contribution in [3.05, 3.63) is 0 Å². The maximum absolute atomic E-state index is 12.2. The highest BCUT2D eigenvalue weighted by Crippen LogP contribution is 2.19. The van der Waals surface area contributed by atoms with Crippen molar-refractivity contribution in [1.82, 2.24) is 10.2 Å². The maximum atomic E-state index is 12.2. The SMILES string of the molecule is CCCC[C@H](NC(=O)N1CCOCC1(C)C)C(=O)O. The number of amides is 2. The predicted octanol–water partition coefficient (Wildman–Crippen LogP) is 1.45. The van der Waals surface area contributed by atoms with Crippen molar-refractivity contribution in [3.8, 4) is 0 Å². The van der Waals surface area contributed by atoms with E-state index in [0.717, 1.165) is 12.8 Å². The number of morpholine rings is 1. The number of carbonyl (C=O) groups is 2. The number of urea groups is 1. The van der Waals surface area contributed by atoms with E-state index in [1.165, 1.54) is 0 Å². The lowest BCUT2D eigenvalue weighted by Crippen LogP contribution is -2.60. The molecule has 2 N–H and O–H groups in total. The van der Waals surface area contributed by atoms with Crippen LogP contribution in [0.25, 0.3) is 0 Å². The van der Waals surface area contributed by atoms with Crippen LogP contribution in [0.4, 0.5) is 4.79 Å². The largest absolute Gasteiger partial charge is 0.480 e. The highest BCUT2D eigenvalue weighted by atomic mass is 16.5. The Labute approximate surface area is 114 Å². The summed E-state index contributed by atoms with van der Waals surface area (Å²) in [4.78, 5) is 25.0. The molecule has 2 amide bonds. The van der Waals surface area contributed by atoms with Crippen molar-refractivity contribution in [1.29, 1.82) is 0 Å². The van der Waals surface area contributed by atoms with E-state index in [0.29, 0.717) is 26.2 Å². The fourth-order valence-electron chi connectivity index (χ4n) is 2.13. The van der Waals surface area contributed by atoms with Crippen LogP contribution in [0, 0.1) is 0 Å². The van der Waals surface area contributed by atoms with Crippen LogP contribution in [0.2, 0.25) is 0 Å². The summed E-state index contributed by atoms with van der Waals surface area (Å²) in [6, 6.07) is -1.14. The van der Waals surface area contributed by atoms with E-state index >= 15 is 0 Å². The van der Waals surface area contributed by atoms with Crippen LogP contribution in [0.1, 0.15) is 40.0 Å². The van der Waals surface area contributed by atoms with Crippen LogP contribution in [0.5, 0.6) is 0 Å². The van der Waals surface area contributed by atoms with Gasteiger partial charge in [0.15, 0.2) is 0 Å². The van der Waals surface area contributed by atoms with E-state index in [1.54, 1.807) is 4.90 Å². The van der Waals surface area contributed by atoms with Gasteiger partial charge < -0.3 is 20.1 Å². The predicted molar refractivity (Wildman–Crippen MR) is 71.1 cm³/mol. The Hall–Kier alpha value is -1.30. The van der Waals surface area contributed by atoms with Crippen molar-refractivity contribution in [2.75, 3.05) is 19.8 Å². The summed E-state index contributed by atoms with van der Waals surface area (Å²) in [5.74, 6) is -0.979. The number of hydrogen-bond acceptors (Lipinski definition) is 3. The van der Waals surface area contributed by atoms with Gasteiger partial charge in [-0.25, -0.2) is 9.59 Å². The molecule has 0 unspecified atom stereocenters. The van der Waals surface area contributed by atoms with Gasteiger partial charge in [0.2, 0.25) is 0 Å². The van der Waals surface area contributed by atoms with Gasteiger partial charge in [-0.15, -0.1) is 0 Å². The fraction of sp³-hybridized carbons (Fsp3) is 0.846. The molecule has 0 spiro atoms. The van der Waals surface area contributed by atoms with Gasteiger partial charge in [-0.2, -0.15) is 0 Å². The average molecular weight is 272 g/mol. The monoisotopic (exact) mass is 272 g/mol. The summed E-state index contributed by atoms with van der Waals surface area (Å²) in [6.07, 6.45) is 2.15. The quantitative estimate of drug-likeness (QED) is 0.794. The molecule has 1 heterocycles. The number of hydrogen-bond donors (Lipinski definition) is 2. The zero-order valence-electron chi connectivity index (χ0n) is 11.9. The molecule has 1 aliphatic rings. The lowest BCUT2D eigenvalue weighted by atomic mass is 10.0. The maximum Gasteiger partial charge on any atom is 0.326 e. The molecule has 0 aromatic rings. The molecule has 110 valence electrons. The van der Waals surface area contributed by atoms with Crippen LogP contribution in [-0.2, 0) is 9.53 Å². The van der Waals surface area contributed by atoms with Crippen molar-refractivity contribution < 1.29 is 19.4 Å². The molecule has 1 atom stereocenters. The topological polar surface area (TPSA) is 78.9 Å². The van der Waals surface area contributed by atoms with Crippen molar-refractivity contribution >= 4 is 12.0 Å². The van der Waals surface area contributed by atoms with Gasteiger partial charge >= 0.3 is 12.0 Å². The highest BCUT2D eigenvalue weighted by Gasteiger charge is 2.35. The molecule has 1 saturated heterocycles. The second-order valence-corrected chi connectivity index (χ2v) is 5.50. The van der Waals surface area contributed by atoms with E-state index in [4.69, 9.17) is 9.84 Å². The molecule has 1 rings (SSSR count). The Kier molecular flexibility index (Phi) is 5.60. The Morgan fingerprint density at radius 3 is 2.68 bits per heavy atom. The molecule has 6 nitrogen and oxygen atoms in total. The molecule has 0 saturated carbocycles. The second-order valence-electron chi connectivity index (χ2n) is 5.50. The van der Waals surface area contributed by atoms with Gasteiger partial charge in [0, 0.05) is 6.54 Å². The number of ether oxygens (including phenoxy) is 1. The lowest BCUT2D eigenvalue weighted by molar-refractivity contribution is -0.139. The van der Waals surface area contributed by atoms with E-state index in [-0.39, 0.29) is 6.03 Å². The molecule has 0 aromatic carbocycles. The molecule has 6 heteroatoms. The van der Waals surface area contributed by atoms with E-state index in [1.807, 2.05) is 20.8 Å². The Bertz CT molecular complexity index is 331. The number of carboxylic acid groups (broad SMARTS) is 1. The minimum Gasteiger partial charge on any atom is -0.480 e. The molecule has 19 heavy (non-hydrogen) atoms. The summed E-state index contributed by atoms with van der Waals surface area (Å²) in [5.41, 5.74) is -0.407. The number of carboxylic acids is 1. The summed E-state index contributed by atoms with van der Waals surface area (Å²) < 4.78 is 5.34. The van der Waals surface area contributed by atoms with Gasteiger partial charge in [-0.1, -0.05) is 19.8 Å². The van der Waals surface area contributed by atoms with Crippen molar-refractivity contribution in [2.24, 2.45) is 0 Å². The average Bonchev–Trinajstić information content (AvgIpc) is 2.33. The van der Waals surface area contributed by atoms with Crippen LogP contribution >= 0.6 is 0 Å². The zero-order chi connectivity index (χ0) is 14.5. The fourth-order valence-corrected chi connectivity index (χ4v) is 2.13. The van der Waals surface area contributed by atoms with E-state index < -0.39 is 17.6 Å². The molecule has 1 aliphatic heterocycles. The summed E-state index contributed by atoms with van der Waals surface area (Å²) in [6.45, 7) is 7.25. The molecule has 0 aromatic heterocycles. The standard InChI is InChI=1S/C13H24N2O4/c1-4-5-6-10(11(16)17)14-12(18)15-7-8-19-9-13(15,2)3/h10H,4-9H2,1-3H3,(H,14,18)(H,16,17)/t10-/m0/s1. The molecule has 0 bridgehead atoms. The van der Waals surface area contributed by atoms with Gasteiger partial charge in [0.05, 0.1) is 18.8 Å². The normalized spacial score (nSPS) is 19.8. The van der Waals surface area contributed by atoms with E-state index in [2.05, 4.69) is 5.32 Å². The third-order valence-corrected chi connectivity index (χ3v) is 3.33. The number of nitrogens with one attached hydrogen (secondary N) is 1. The first-order valence-electron chi connectivity index (χ1n) is 6.77. The molecular weight excluding hydrogens is 248 g/mol. The molecule has 0 aliphatic carbocycles. The van der Waals surface area contributed by atoms with Gasteiger partial charge in [0.1, 0.15) is 6.04 Å². The zero-order valence-corrected chi connectivity index (χ0v) is 11.9. The van der Waals surface area contributed by atoms with Crippen LogP contribution in [0.15, 0.2) is 0 Å². The third kappa shape index (κ3) is 4.38. The Morgan fingerprint density at radius 1 is 1.47 bits per heavy atom. The third-order valence-electron chi connectivity index (χ3n) is 3.33. The first-order chi connectivity index (χ1) is 8.88. The molecular formula is C13H24N2O4. The first-order valence-corrected chi connectivity index (χ1v) is 6.77. The minimum absolute atomic E-state index is 0.322. The number of aliphatic carboxylic acids is 1. The van der Waals surface area contributed by atoms with Crippen molar-refractivity contribution in [2.45, 2.75) is 51.6 Å². The highest BCUT2D eigenvalue weighted by molar-refractivity contribution is 5.83. The number of nitrogens with zero attached hydrogens (tertiary/aromatic N) is 1. The molecule has 0 radical (unpaired) electrons. The van der Waals surface area contributed by atoms with Crippen LogP contribution in [-0.4, -0.2) is 53.3 Å². The van der Waals surface area contributed by atoms with Crippen LogP contribution < -0.4 is 5.32 Å². The molecule has 1 fully saturated rings. The Morgan fingerprint density at radius 2 is 2.16 bits per heavy atom.